The van der Waals surface area contributed by atoms with Gasteiger partial charge in [0.2, 0.25) is 5.91 Å². The van der Waals surface area contributed by atoms with E-state index in [4.69, 9.17) is 9.15 Å². The molecule has 0 fully saturated rings. The SMILES string of the molecule is O=C(COC(=O)Cc1coc2ccc3ccccc3c12)NC(=O)Cc1ccccc1. The Morgan fingerprint density at radius 3 is 2.43 bits per heavy atom. The number of ether oxygens (including phenoxy) is 1. The Morgan fingerprint density at radius 2 is 1.60 bits per heavy atom. The van der Waals surface area contributed by atoms with Crippen LogP contribution in [0.1, 0.15) is 11.1 Å². The molecule has 0 radical (unpaired) electrons. The highest BCUT2D eigenvalue weighted by Gasteiger charge is 2.16. The van der Waals surface area contributed by atoms with Gasteiger partial charge in [-0.15, -0.1) is 0 Å². The summed E-state index contributed by atoms with van der Waals surface area (Å²) < 4.78 is 10.6. The number of hydrogen-bond acceptors (Lipinski definition) is 5. The first-order valence-electron chi connectivity index (χ1n) is 9.50. The summed E-state index contributed by atoms with van der Waals surface area (Å²) >= 11 is 0. The molecule has 4 rings (SSSR count). The molecule has 0 bridgehead atoms. The maximum absolute atomic E-state index is 12.2. The molecule has 0 saturated heterocycles. The molecule has 3 aromatic carbocycles. The molecule has 0 aliphatic heterocycles. The number of amides is 2. The van der Waals surface area contributed by atoms with Crippen molar-refractivity contribution >= 4 is 39.5 Å². The highest BCUT2D eigenvalue weighted by atomic mass is 16.5. The minimum atomic E-state index is -0.660. The van der Waals surface area contributed by atoms with E-state index in [0.717, 1.165) is 21.7 Å². The third-order valence-electron chi connectivity index (χ3n) is 4.73. The van der Waals surface area contributed by atoms with Gasteiger partial charge in [0, 0.05) is 10.9 Å². The van der Waals surface area contributed by atoms with Gasteiger partial charge in [-0.05, 0) is 22.4 Å². The van der Waals surface area contributed by atoms with Gasteiger partial charge in [-0.2, -0.15) is 0 Å². The number of hydrogen-bond donors (Lipinski definition) is 1. The van der Waals surface area contributed by atoms with Gasteiger partial charge in [-0.3, -0.25) is 19.7 Å². The van der Waals surface area contributed by atoms with Crippen LogP contribution in [-0.4, -0.2) is 24.4 Å². The Kier molecular flexibility index (Phi) is 5.57. The summed E-state index contributed by atoms with van der Waals surface area (Å²) in [4.78, 5) is 36.1. The molecule has 0 saturated carbocycles. The average Bonchev–Trinajstić information content (AvgIpc) is 3.16. The van der Waals surface area contributed by atoms with Crippen LogP contribution < -0.4 is 5.32 Å². The number of carbonyl (C=O) groups excluding carboxylic acids is 3. The quantitative estimate of drug-likeness (QED) is 0.500. The van der Waals surface area contributed by atoms with E-state index in [1.165, 1.54) is 6.26 Å². The fraction of sp³-hybridized carbons (Fsp3) is 0.125. The molecule has 2 amide bonds. The number of imide groups is 1. The molecule has 0 atom stereocenters. The summed E-state index contributed by atoms with van der Waals surface area (Å²) in [5.41, 5.74) is 2.16. The van der Waals surface area contributed by atoms with Crippen molar-refractivity contribution in [2.75, 3.05) is 6.61 Å². The third-order valence-corrected chi connectivity index (χ3v) is 4.73. The lowest BCUT2D eigenvalue weighted by atomic mass is 10.0. The van der Waals surface area contributed by atoms with E-state index in [9.17, 15) is 14.4 Å². The number of nitrogens with one attached hydrogen (secondary N) is 1. The van der Waals surface area contributed by atoms with Crippen molar-refractivity contribution in [3.05, 3.63) is 84.1 Å². The number of carbonyl (C=O) groups is 3. The molecule has 1 N–H and O–H groups in total. The van der Waals surface area contributed by atoms with E-state index >= 15 is 0 Å². The highest BCUT2D eigenvalue weighted by Crippen LogP contribution is 2.30. The maximum atomic E-state index is 12.2. The van der Waals surface area contributed by atoms with Crippen molar-refractivity contribution in [1.29, 1.82) is 0 Å². The normalized spacial score (nSPS) is 10.8. The van der Waals surface area contributed by atoms with Crippen molar-refractivity contribution in [3.63, 3.8) is 0 Å². The summed E-state index contributed by atoms with van der Waals surface area (Å²) in [6.07, 6.45) is 1.57. The Bertz CT molecular complexity index is 1230. The average molecular weight is 401 g/mol. The van der Waals surface area contributed by atoms with Crippen LogP contribution in [0, 0.1) is 0 Å². The van der Waals surface area contributed by atoms with E-state index in [1.807, 2.05) is 54.6 Å². The zero-order valence-corrected chi connectivity index (χ0v) is 16.1. The van der Waals surface area contributed by atoms with E-state index in [2.05, 4.69) is 5.32 Å². The minimum Gasteiger partial charge on any atom is -0.464 e. The second-order valence-electron chi connectivity index (χ2n) is 6.89. The van der Waals surface area contributed by atoms with E-state index in [0.29, 0.717) is 11.1 Å². The van der Waals surface area contributed by atoms with Crippen molar-refractivity contribution in [3.8, 4) is 0 Å². The predicted octanol–water partition coefficient (Wildman–Crippen LogP) is 3.56. The van der Waals surface area contributed by atoms with Gasteiger partial charge < -0.3 is 9.15 Å². The molecule has 0 spiro atoms. The number of benzene rings is 3. The molecule has 6 nitrogen and oxygen atoms in total. The molecule has 30 heavy (non-hydrogen) atoms. The Balaban J connectivity index is 1.34. The van der Waals surface area contributed by atoms with E-state index in [-0.39, 0.29) is 12.8 Å². The van der Waals surface area contributed by atoms with Gasteiger partial charge in [-0.1, -0.05) is 60.7 Å². The third kappa shape index (κ3) is 4.38. The lowest BCUT2D eigenvalue weighted by Crippen LogP contribution is -2.35. The Labute approximate surface area is 172 Å². The number of esters is 1. The lowest BCUT2D eigenvalue weighted by molar-refractivity contribution is -0.149. The summed E-state index contributed by atoms with van der Waals surface area (Å²) in [5.74, 6) is -1.68. The molecule has 1 aromatic heterocycles. The van der Waals surface area contributed by atoms with Crippen LogP contribution in [0.25, 0.3) is 21.7 Å². The van der Waals surface area contributed by atoms with Crippen LogP contribution in [0.2, 0.25) is 0 Å². The molecular formula is C24H19NO5. The van der Waals surface area contributed by atoms with E-state index in [1.54, 1.807) is 12.1 Å². The van der Waals surface area contributed by atoms with Gasteiger partial charge >= 0.3 is 5.97 Å². The molecule has 0 aliphatic carbocycles. The lowest BCUT2D eigenvalue weighted by Gasteiger charge is -2.06. The van der Waals surface area contributed by atoms with Crippen LogP contribution in [0.15, 0.2) is 77.4 Å². The Morgan fingerprint density at radius 1 is 0.833 bits per heavy atom. The molecule has 0 unspecified atom stereocenters. The molecular weight excluding hydrogens is 382 g/mol. The predicted molar refractivity (Wildman–Crippen MR) is 112 cm³/mol. The summed E-state index contributed by atoms with van der Waals surface area (Å²) in [6, 6.07) is 20.7. The monoisotopic (exact) mass is 401 g/mol. The Hall–Kier alpha value is -3.93. The van der Waals surface area contributed by atoms with Gasteiger partial charge in [0.1, 0.15) is 5.58 Å². The zero-order chi connectivity index (χ0) is 20.9. The standard InChI is InChI=1S/C24H19NO5/c26-21(12-16-6-2-1-3-7-16)25-22(27)15-30-23(28)13-18-14-29-20-11-10-17-8-4-5-9-19(17)24(18)20/h1-11,14H,12-13,15H2,(H,25,26,27). The van der Waals surface area contributed by atoms with E-state index < -0.39 is 24.4 Å². The largest absolute Gasteiger partial charge is 0.464 e. The van der Waals surface area contributed by atoms with Gasteiger partial charge in [-0.25, -0.2) is 0 Å². The number of rotatable bonds is 6. The van der Waals surface area contributed by atoms with Crippen LogP contribution in [-0.2, 0) is 32.0 Å². The van der Waals surface area contributed by atoms with Crippen LogP contribution in [0.5, 0.6) is 0 Å². The number of furan rings is 1. The van der Waals surface area contributed by atoms with Crippen molar-refractivity contribution in [1.82, 2.24) is 5.32 Å². The second-order valence-corrected chi connectivity index (χ2v) is 6.89. The fourth-order valence-electron chi connectivity index (χ4n) is 3.37. The van der Waals surface area contributed by atoms with Gasteiger partial charge in [0.25, 0.3) is 5.91 Å². The van der Waals surface area contributed by atoms with Gasteiger partial charge in [0.05, 0.1) is 19.1 Å². The first-order chi connectivity index (χ1) is 14.6. The van der Waals surface area contributed by atoms with Gasteiger partial charge in [0.15, 0.2) is 6.61 Å². The zero-order valence-electron chi connectivity index (χ0n) is 16.1. The van der Waals surface area contributed by atoms with Crippen LogP contribution in [0.3, 0.4) is 0 Å². The topological polar surface area (TPSA) is 85.6 Å². The maximum Gasteiger partial charge on any atom is 0.310 e. The first kappa shape index (κ1) is 19.4. The molecule has 6 heteroatoms. The second kappa shape index (κ2) is 8.61. The first-order valence-corrected chi connectivity index (χ1v) is 9.50. The van der Waals surface area contributed by atoms with Crippen molar-refractivity contribution < 1.29 is 23.5 Å². The molecule has 1 heterocycles. The summed E-state index contributed by atoms with van der Waals surface area (Å²) in [7, 11) is 0. The summed E-state index contributed by atoms with van der Waals surface area (Å²) in [6.45, 7) is -0.518. The fourth-order valence-corrected chi connectivity index (χ4v) is 3.37. The van der Waals surface area contributed by atoms with Crippen molar-refractivity contribution in [2.45, 2.75) is 12.8 Å². The smallest absolute Gasteiger partial charge is 0.310 e. The van der Waals surface area contributed by atoms with Crippen LogP contribution in [0.4, 0.5) is 0 Å². The molecule has 150 valence electrons. The van der Waals surface area contributed by atoms with Crippen LogP contribution >= 0.6 is 0 Å². The minimum absolute atomic E-state index is 0.0355. The molecule has 0 aliphatic rings. The molecule has 4 aromatic rings. The highest BCUT2D eigenvalue weighted by molar-refractivity contribution is 6.08. The number of fused-ring (bicyclic) bond motifs is 3. The summed E-state index contributed by atoms with van der Waals surface area (Å²) in [5, 5.41) is 5.10. The van der Waals surface area contributed by atoms with Crippen molar-refractivity contribution in [2.24, 2.45) is 0 Å².